The highest BCUT2D eigenvalue weighted by Crippen LogP contribution is 2.41. The Bertz CT molecular complexity index is 1280. The summed E-state index contributed by atoms with van der Waals surface area (Å²) < 4.78 is 43.4. The quantitative estimate of drug-likeness (QED) is 0.442. The van der Waals surface area contributed by atoms with Crippen molar-refractivity contribution in [2.24, 2.45) is 7.05 Å². The lowest BCUT2D eigenvalue weighted by Crippen LogP contribution is -2.47. The van der Waals surface area contributed by atoms with E-state index < -0.39 is 17.5 Å². The van der Waals surface area contributed by atoms with E-state index in [1.165, 1.54) is 0 Å². The minimum atomic E-state index is -1.49. The summed E-state index contributed by atoms with van der Waals surface area (Å²) in [5, 5.41) is 4.70. The van der Waals surface area contributed by atoms with Gasteiger partial charge >= 0.3 is 0 Å². The summed E-state index contributed by atoms with van der Waals surface area (Å²) >= 11 is 0. The van der Waals surface area contributed by atoms with E-state index in [-0.39, 0.29) is 23.6 Å². The first kappa shape index (κ1) is 24.3. The minimum absolute atomic E-state index is 0.0982. The zero-order chi connectivity index (χ0) is 25.6. The maximum absolute atomic E-state index is 14.1. The van der Waals surface area contributed by atoms with Crippen LogP contribution in [-0.4, -0.2) is 44.7 Å². The normalized spacial score (nSPS) is 19.6. The molecule has 190 valence electrons. The Labute approximate surface area is 208 Å². The number of pyridine rings is 1. The lowest BCUT2D eigenvalue weighted by Gasteiger charge is -2.41. The number of amides is 1. The molecule has 6 nitrogen and oxygen atoms in total. The highest BCUT2D eigenvalue weighted by atomic mass is 19.2. The van der Waals surface area contributed by atoms with E-state index >= 15 is 0 Å². The summed E-state index contributed by atoms with van der Waals surface area (Å²) in [4.78, 5) is 22.4. The maximum Gasteiger partial charge on any atom is 0.256 e. The van der Waals surface area contributed by atoms with Crippen molar-refractivity contribution in [3.63, 3.8) is 0 Å². The first-order valence-corrected chi connectivity index (χ1v) is 12.6. The van der Waals surface area contributed by atoms with Gasteiger partial charge in [-0.25, -0.2) is 13.2 Å². The van der Waals surface area contributed by atoms with Gasteiger partial charge in [0.05, 0.1) is 34.9 Å². The van der Waals surface area contributed by atoms with E-state index in [0.29, 0.717) is 36.2 Å². The van der Waals surface area contributed by atoms with Crippen LogP contribution in [0.3, 0.4) is 0 Å². The first-order chi connectivity index (χ1) is 17.3. The number of benzene rings is 1. The molecular formula is C27H30F3N5O. The summed E-state index contributed by atoms with van der Waals surface area (Å²) in [5.74, 6) is -4.07. The summed E-state index contributed by atoms with van der Waals surface area (Å²) in [7, 11) is 1.70. The molecule has 2 atom stereocenters. The van der Waals surface area contributed by atoms with Gasteiger partial charge in [-0.3, -0.25) is 14.5 Å². The number of hydrogen-bond donors (Lipinski definition) is 0. The number of fused-ring (bicyclic) bond motifs is 1. The van der Waals surface area contributed by atoms with Crippen LogP contribution >= 0.6 is 0 Å². The zero-order valence-corrected chi connectivity index (χ0v) is 20.8. The van der Waals surface area contributed by atoms with Gasteiger partial charge in [-0.2, -0.15) is 5.10 Å². The molecule has 9 heteroatoms. The average Bonchev–Trinajstić information content (AvgIpc) is 3.53. The van der Waals surface area contributed by atoms with Crippen molar-refractivity contribution in [2.75, 3.05) is 18.0 Å². The predicted octanol–water partition coefficient (Wildman–Crippen LogP) is 5.43. The molecule has 0 spiro atoms. The number of aromatic nitrogens is 3. The van der Waals surface area contributed by atoms with Crippen LogP contribution in [0.5, 0.6) is 0 Å². The number of rotatable bonds is 5. The first-order valence-electron chi connectivity index (χ1n) is 12.6. The Morgan fingerprint density at radius 1 is 1.03 bits per heavy atom. The van der Waals surface area contributed by atoms with Gasteiger partial charge in [0.15, 0.2) is 17.5 Å². The molecule has 2 aliphatic heterocycles. The number of carbonyl (C=O) groups is 1. The molecular weight excluding hydrogens is 467 g/mol. The van der Waals surface area contributed by atoms with E-state index in [1.807, 2.05) is 24.8 Å². The third-order valence-electron chi connectivity index (χ3n) is 7.45. The summed E-state index contributed by atoms with van der Waals surface area (Å²) in [6.07, 6.45) is 7.48. The van der Waals surface area contributed by atoms with Crippen LogP contribution < -0.4 is 4.90 Å². The van der Waals surface area contributed by atoms with Gasteiger partial charge in [-0.05, 0) is 50.3 Å². The molecule has 0 saturated carbocycles. The van der Waals surface area contributed by atoms with Crippen molar-refractivity contribution < 1.29 is 18.0 Å². The van der Waals surface area contributed by atoms with Gasteiger partial charge in [-0.15, -0.1) is 0 Å². The van der Waals surface area contributed by atoms with Gasteiger partial charge in [0.25, 0.3) is 5.91 Å². The molecule has 0 radical (unpaired) electrons. The fourth-order valence-corrected chi connectivity index (χ4v) is 5.71. The molecule has 1 fully saturated rings. The molecule has 2 unspecified atom stereocenters. The molecule has 5 rings (SSSR count). The van der Waals surface area contributed by atoms with Crippen molar-refractivity contribution >= 4 is 11.6 Å². The van der Waals surface area contributed by atoms with Gasteiger partial charge in [0, 0.05) is 43.5 Å². The molecule has 36 heavy (non-hydrogen) atoms. The number of hydrogen-bond acceptors (Lipinski definition) is 4. The highest BCUT2D eigenvalue weighted by Gasteiger charge is 2.40. The van der Waals surface area contributed by atoms with E-state index in [1.54, 1.807) is 24.1 Å². The van der Waals surface area contributed by atoms with Gasteiger partial charge in [-0.1, -0.05) is 13.8 Å². The Hall–Kier alpha value is -3.36. The molecule has 0 N–H and O–H groups in total. The average molecular weight is 498 g/mol. The maximum atomic E-state index is 14.1. The SMILES string of the molecule is CCC1Cc2c(nn(C)c2-c2cc(F)c(F)c(F)c2)C(CC)N1C(=O)c1cncc(N2CCCC2)c1. The van der Waals surface area contributed by atoms with Crippen LogP contribution in [0.2, 0.25) is 0 Å². The largest absolute Gasteiger partial charge is 0.370 e. The zero-order valence-electron chi connectivity index (χ0n) is 20.8. The molecule has 0 aliphatic carbocycles. The smallest absolute Gasteiger partial charge is 0.256 e. The Balaban J connectivity index is 1.55. The van der Waals surface area contributed by atoms with Crippen molar-refractivity contribution in [3.05, 3.63) is 64.9 Å². The monoisotopic (exact) mass is 497 g/mol. The van der Waals surface area contributed by atoms with Crippen molar-refractivity contribution in [1.82, 2.24) is 19.7 Å². The summed E-state index contributed by atoms with van der Waals surface area (Å²) in [6, 6.07) is 3.49. The minimum Gasteiger partial charge on any atom is -0.370 e. The third kappa shape index (κ3) is 4.04. The van der Waals surface area contributed by atoms with E-state index in [4.69, 9.17) is 5.10 Å². The van der Waals surface area contributed by atoms with Crippen LogP contribution in [0.25, 0.3) is 11.3 Å². The van der Waals surface area contributed by atoms with Crippen LogP contribution in [0.1, 0.15) is 67.2 Å². The van der Waals surface area contributed by atoms with Crippen molar-refractivity contribution in [2.45, 2.75) is 58.0 Å². The number of carbonyl (C=O) groups excluding carboxylic acids is 1. The Morgan fingerprint density at radius 3 is 2.36 bits per heavy atom. The Morgan fingerprint density at radius 2 is 1.72 bits per heavy atom. The second kappa shape index (κ2) is 9.59. The molecule has 2 aliphatic rings. The molecule has 1 saturated heterocycles. The molecule has 3 aromatic rings. The van der Waals surface area contributed by atoms with Crippen LogP contribution in [-0.2, 0) is 13.5 Å². The third-order valence-corrected chi connectivity index (χ3v) is 7.45. The molecule has 4 heterocycles. The van der Waals surface area contributed by atoms with Crippen LogP contribution in [0.15, 0.2) is 30.6 Å². The fraction of sp³-hybridized carbons (Fsp3) is 0.444. The highest BCUT2D eigenvalue weighted by molar-refractivity contribution is 5.95. The molecule has 1 amide bonds. The molecule has 0 bridgehead atoms. The second-order valence-electron chi connectivity index (χ2n) is 9.62. The van der Waals surface area contributed by atoms with E-state index in [2.05, 4.69) is 9.88 Å². The van der Waals surface area contributed by atoms with E-state index in [0.717, 1.165) is 49.3 Å². The van der Waals surface area contributed by atoms with Gasteiger partial charge < -0.3 is 9.80 Å². The topological polar surface area (TPSA) is 54.3 Å². The lowest BCUT2D eigenvalue weighted by molar-refractivity contribution is 0.0512. The van der Waals surface area contributed by atoms with Gasteiger partial charge in [0.1, 0.15) is 0 Å². The number of anilines is 1. The summed E-state index contributed by atoms with van der Waals surface area (Å²) in [6.45, 7) is 5.94. The number of nitrogens with zero attached hydrogens (tertiary/aromatic N) is 5. The summed E-state index contributed by atoms with van der Waals surface area (Å²) in [5.41, 5.74) is 3.83. The molecule has 1 aromatic carbocycles. The standard InChI is InChI=1S/C27H30F3N5O/c1-4-18-13-20-25(32-33(3)26(20)16-11-21(28)24(30)22(29)12-16)23(5-2)35(18)27(36)17-10-19(15-31-14-17)34-8-6-7-9-34/h10-12,14-15,18,23H,4-9,13H2,1-3H3. The fourth-order valence-electron chi connectivity index (χ4n) is 5.71. The molecule has 2 aromatic heterocycles. The van der Waals surface area contributed by atoms with Crippen molar-refractivity contribution in [1.29, 1.82) is 0 Å². The van der Waals surface area contributed by atoms with Crippen LogP contribution in [0.4, 0.5) is 18.9 Å². The van der Waals surface area contributed by atoms with Crippen LogP contribution in [0, 0.1) is 17.5 Å². The second-order valence-corrected chi connectivity index (χ2v) is 9.62. The van der Waals surface area contributed by atoms with E-state index in [9.17, 15) is 18.0 Å². The Kier molecular flexibility index (Phi) is 6.49. The van der Waals surface area contributed by atoms with Crippen molar-refractivity contribution in [3.8, 4) is 11.3 Å². The predicted molar refractivity (Wildman–Crippen MR) is 131 cm³/mol. The lowest BCUT2D eigenvalue weighted by atomic mass is 9.87. The number of halogens is 3. The number of aryl methyl sites for hydroxylation is 1. The van der Waals surface area contributed by atoms with Gasteiger partial charge in [0.2, 0.25) is 0 Å².